The SMILES string of the molecule is C=C(CC(CCC(=O)OCC)C(=O)O)C(=O)O. The second kappa shape index (κ2) is 7.43. The van der Waals surface area contributed by atoms with Crippen molar-refractivity contribution >= 4 is 17.9 Å². The maximum atomic E-state index is 11.0. The molecule has 0 aliphatic heterocycles. The molecule has 6 heteroatoms. The van der Waals surface area contributed by atoms with Gasteiger partial charge < -0.3 is 14.9 Å². The van der Waals surface area contributed by atoms with Gasteiger partial charge >= 0.3 is 17.9 Å². The van der Waals surface area contributed by atoms with Crippen molar-refractivity contribution in [3.8, 4) is 0 Å². The number of esters is 1. The molecule has 0 rings (SSSR count). The fourth-order valence-corrected chi connectivity index (χ4v) is 1.22. The summed E-state index contributed by atoms with van der Waals surface area (Å²) in [7, 11) is 0. The third-order valence-corrected chi connectivity index (χ3v) is 2.15. The number of rotatable bonds is 8. The molecule has 0 amide bonds. The van der Waals surface area contributed by atoms with Crippen LogP contribution in [-0.2, 0) is 19.1 Å². The van der Waals surface area contributed by atoms with E-state index in [4.69, 9.17) is 10.2 Å². The predicted octanol–water partition coefficient (Wildman–Crippen LogP) is 1.06. The normalized spacial score (nSPS) is 11.6. The van der Waals surface area contributed by atoms with Gasteiger partial charge in [-0.05, 0) is 19.8 Å². The molecule has 2 N–H and O–H groups in total. The second-order valence-corrected chi connectivity index (χ2v) is 3.49. The van der Waals surface area contributed by atoms with E-state index in [1.807, 2.05) is 0 Å². The van der Waals surface area contributed by atoms with E-state index in [9.17, 15) is 14.4 Å². The molecule has 0 fully saturated rings. The number of ether oxygens (including phenoxy) is 1. The quantitative estimate of drug-likeness (QED) is 0.489. The first-order valence-electron chi connectivity index (χ1n) is 5.18. The van der Waals surface area contributed by atoms with Gasteiger partial charge in [-0.3, -0.25) is 9.59 Å². The Morgan fingerprint density at radius 1 is 1.29 bits per heavy atom. The smallest absolute Gasteiger partial charge is 0.330 e. The van der Waals surface area contributed by atoms with Crippen LogP contribution in [0.15, 0.2) is 12.2 Å². The average Bonchev–Trinajstić information content (AvgIpc) is 2.23. The highest BCUT2D eigenvalue weighted by Gasteiger charge is 2.22. The molecule has 0 aromatic rings. The standard InChI is InChI=1S/C11H16O6/c1-3-17-9(12)5-4-8(11(15)16)6-7(2)10(13)14/h8H,2-6H2,1H3,(H,13,14)(H,15,16). The van der Waals surface area contributed by atoms with Crippen LogP contribution >= 0.6 is 0 Å². The van der Waals surface area contributed by atoms with E-state index in [-0.39, 0.29) is 31.4 Å². The zero-order valence-electron chi connectivity index (χ0n) is 9.64. The lowest BCUT2D eigenvalue weighted by Crippen LogP contribution is -2.18. The molecule has 0 spiro atoms. The second-order valence-electron chi connectivity index (χ2n) is 3.49. The van der Waals surface area contributed by atoms with Crippen molar-refractivity contribution in [1.29, 1.82) is 0 Å². The Bertz CT molecular complexity index is 320. The van der Waals surface area contributed by atoms with E-state index >= 15 is 0 Å². The molecule has 0 saturated heterocycles. The van der Waals surface area contributed by atoms with Crippen molar-refractivity contribution < 1.29 is 29.3 Å². The Morgan fingerprint density at radius 3 is 2.29 bits per heavy atom. The maximum Gasteiger partial charge on any atom is 0.330 e. The molecular formula is C11H16O6. The van der Waals surface area contributed by atoms with Crippen LogP contribution in [0.3, 0.4) is 0 Å². The fraction of sp³-hybridized carbons (Fsp3) is 0.545. The van der Waals surface area contributed by atoms with Gasteiger partial charge in [0.05, 0.1) is 12.5 Å². The predicted molar refractivity (Wildman–Crippen MR) is 58.4 cm³/mol. The Balaban J connectivity index is 4.26. The number of aliphatic carboxylic acids is 2. The summed E-state index contributed by atoms with van der Waals surface area (Å²) in [6.07, 6.45) is -0.178. The number of hydrogen-bond acceptors (Lipinski definition) is 4. The molecule has 1 unspecified atom stereocenters. The van der Waals surface area contributed by atoms with Crippen LogP contribution in [0, 0.1) is 5.92 Å². The summed E-state index contributed by atoms with van der Waals surface area (Å²) in [5.41, 5.74) is -0.179. The minimum absolute atomic E-state index is 0.0421. The van der Waals surface area contributed by atoms with Gasteiger partial charge in [-0.2, -0.15) is 0 Å². The Hall–Kier alpha value is -1.85. The van der Waals surface area contributed by atoms with Gasteiger partial charge in [-0.1, -0.05) is 6.58 Å². The summed E-state index contributed by atoms with van der Waals surface area (Å²) >= 11 is 0. The lowest BCUT2D eigenvalue weighted by atomic mass is 9.95. The summed E-state index contributed by atoms with van der Waals surface area (Å²) in [6, 6.07) is 0. The van der Waals surface area contributed by atoms with E-state index in [0.29, 0.717) is 0 Å². The Labute approximate surface area is 98.9 Å². The average molecular weight is 244 g/mol. The Kier molecular flexibility index (Phi) is 6.62. The van der Waals surface area contributed by atoms with Crippen molar-refractivity contribution in [2.75, 3.05) is 6.61 Å². The van der Waals surface area contributed by atoms with Crippen molar-refractivity contribution in [3.63, 3.8) is 0 Å². The molecule has 0 aromatic carbocycles. The zero-order valence-corrected chi connectivity index (χ0v) is 9.64. The van der Waals surface area contributed by atoms with Gasteiger partial charge in [0.25, 0.3) is 0 Å². The number of carboxylic acids is 2. The number of hydrogen-bond donors (Lipinski definition) is 2. The van der Waals surface area contributed by atoms with E-state index in [2.05, 4.69) is 11.3 Å². The molecule has 0 aliphatic carbocycles. The summed E-state index contributed by atoms with van der Waals surface area (Å²) in [5.74, 6) is -3.79. The van der Waals surface area contributed by atoms with E-state index in [0.717, 1.165) is 0 Å². The molecule has 6 nitrogen and oxygen atoms in total. The van der Waals surface area contributed by atoms with Crippen LogP contribution in [0.25, 0.3) is 0 Å². The molecule has 0 heterocycles. The molecule has 0 saturated carbocycles. The molecule has 1 atom stereocenters. The van der Waals surface area contributed by atoms with Crippen molar-refractivity contribution in [1.82, 2.24) is 0 Å². The van der Waals surface area contributed by atoms with E-state index < -0.39 is 23.8 Å². The minimum Gasteiger partial charge on any atom is -0.481 e. The largest absolute Gasteiger partial charge is 0.481 e. The summed E-state index contributed by atoms with van der Waals surface area (Å²) < 4.78 is 4.65. The zero-order chi connectivity index (χ0) is 13.4. The third kappa shape index (κ3) is 6.34. The molecule has 0 aromatic heterocycles. The van der Waals surface area contributed by atoms with Gasteiger partial charge in [-0.25, -0.2) is 4.79 Å². The fourth-order valence-electron chi connectivity index (χ4n) is 1.22. The molecule has 96 valence electrons. The highest BCUT2D eigenvalue weighted by molar-refractivity contribution is 5.87. The lowest BCUT2D eigenvalue weighted by molar-refractivity contribution is -0.145. The van der Waals surface area contributed by atoms with E-state index in [1.54, 1.807) is 6.92 Å². The summed E-state index contributed by atoms with van der Waals surface area (Å²) in [4.78, 5) is 32.4. The Morgan fingerprint density at radius 2 is 1.88 bits per heavy atom. The van der Waals surface area contributed by atoms with Gasteiger partial charge in [0.2, 0.25) is 0 Å². The lowest BCUT2D eigenvalue weighted by Gasteiger charge is -2.11. The van der Waals surface area contributed by atoms with Crippen molar-refractivity contribution in [2.24, 2.45) is 5.92 Å². The van der Waals surface area contributed by atoms with Crippen LogP contribution in [0.2, 0.25) is 0 Å². The summed E-state index contributed by atoms with van der Waals surface area (Å²) in [6.45, 7) is 5.15. The highest BCUT2D eigenvalue weighted by atomic mass is 16.5. The topological polar surface area (TPSA) is 101 Å². The van der Waals surface area contributed by atoms with Gasteiger partial charge in [0.15, 0.2) is 0 Å². The number of carbonyl (C=O) groups excluding carboxylic acids is 1. The van der Waals surface area contributed by atoms with Crippen LogP contribution in [-0.4, -0.2) is 34.7 Å². The molecule has 17 heavy (non-hydrogen) atoms. The first-order valence-corrected chi connectivity index (χ1v) is 5.18. The molecule has 0 aliphatic rings. The highest BCUT2D eigenvalue weighted by Crippen LogP contribution is 2.17. The maximum absolute atomic E-state index is 11.0. The van der Waals surface area contributed by atoms with E-state index in [1.165, 1.54) is 0 Å². The van der Waals surface area contributed by atoms with Crippen LogP contribution < -0.4 is 0 Å². The summed E-state index contributed by atoms with van der Waals surface area (Å²) in [5, 5.41) is 17.5. The van der Waals surface area contributed by atoms with Gasteiger partial charge in [0.1, 0.15) is 0 Å². The van der Waals surface area contributed by atoms with Crippen LogP contribution in [0.4, 0.5) is 0 Å². The minimum atomic E-state index is -1.23. The van der Waals surface area contributed by atoms with Crippen LogP contribution in [0.1, 0.15) is 26.2 Å². The third-order valence-electron chi connectivity index (χ3n) is 2.15. The van der Waals surface area contributed by atoms with Gasteiger partial charge in [-0.15, -0.1) is 0 Å². The first kappa shape index (κ1) is 15.2. The monoisotopic (exact) mass is 244 g/mol. The van der Waals surface area contributed by atoms with Crippen molar-refractivity contribution in [3.05, 3.63) is 12.2 Å². The molecular weight excluding hydrogens is 228 g/mol. The molecule has 0 bridgehead atoms. The number of carboxylic acid groups (broad SMARTS) is 2. The first-order chi connectivity index (χ1) is 7.88. The van der Waals surface area contributed by atoms with Gasteiger partial charge in [0, 0.05) is 12.0 Å². The molecule has 0 radical (unpaired) electrons. The van der Waals surface area contributed by atoms with Crippen molar-refractivity contribution in [2.45, 2.75) is 26.2 Å². The number of carbonyl (C=O) groups is 3. The van der Waals surface area contributed by atoms with Crippen LogP contribution in [0.5, 0.6) is 0 Å².